The average Bonchev–Trinajstić information content (AvgIpc) is 1.64. The Morgan fingerprint density at radius 2 is 0.667 bits per heavy atom. The molecule has 3 aliphatic carbocycles. The topological polar surface area (TPSA) is 340 Å². The molecule has 3 saturated carbocycles. The highest BCUT2D eigenvalue weighted by molar-refractivity contribution is 7.92. The Morgan fingerprint density at radius 1 is 0.404 bits per heavy atom. The van der Waals surface area contributed by atoms with E-state index in [1.54, 1.807) is 72.2 Å². The summed E-state index contributed by atoms with van der Waals surface area (Å²) in [6.07, 6.45) is 16.4. The van der Waals surface area contributed by atoms with Gasteiger partial charge in [0.1, 0.15) is 64.2 Å². The predicted octanol–water partition coefficient (Wildman–Crippen LogP) is 9.01. The number of ether oxygens (including phenoxy) is 6. The number of methoxy groups -OCH3 is 3. The maximum Gasteiger partial charge on any atom is 0.214 e. The standard InChI is InChI=1S/3C22H26N4O5S2/c3*1-30-19-5-4-16-22(24-19)32-20(23-16)13-18(27)17(12-14-7-10-31-11-8-14)26-9-6-21(25-26)33(28,29)15-2-3-15/h3*4-6,9,14-15,17H,2-3,7-8,10-13H2,1H3/t2*17-;/m10./s1. The molecule has 6 aliphatic rings. The molecule has 9 aromatic heterocycles. The van der Waals surface area contributed by atoms with Gasteiger partial charge in [-0.05, 0) is 150 Å². The lowest BCUT2D eigenvalue weighted by Gasteiger charge is -2.26. The van der Waals surface area contributed by atoms with E-state index in [2.05, 4.69) is 45.2 Å². The molecule has 0 spiro atoms. The summed E-state index contributed by atoms with van der Waals surface area (Å²) in [4.78, 5) is 69.4. The number of rotatable bonds is 27. The third-order valence-electron chi connectivity index (χ3n) is 18.7. The van der Waals surface area contributed by atoms with E-state index in [1.807, 2.05) is 18.2 Å². The quantitative estimate of drug-likeness (QED) is 0.0463. The molecule has 33 heteroatoms. The number of carbonyl (C=O) groups excluding carboxylic acids is 3. The van der Waals surface area contributed by atoms with Crippen molar-refractivity contribution >= 4 is 112 Å². The van der Waals surface area contributed by atoms with Crippen molar-refractivity contribution in [3.63, 3.8) is 0 Å². The maximum absolute atomic E-state index is 13.5. The van der Waals surface area contributed by atoms with Gasteiger partial charge < -0.3 is 28.4 Å². The fourth-order valence-electron chi connectivity index (χ4n) is 12.5. The molecule has 3 saturated heterocycles. The summed E-state index contributed by atoms with van der Waals surface area (Å²) in [5.41, 5.74) is 2.17. The fraction of sp³-hybridized carbons (Fsp3) is 0.545. The van der Waals surface area contributed by atoms with Gasteiger partial charge in [0.15, 0.2) is 61.9 Å². The van der Waals surface area contributed by atoms with Crippen molar-refractivity contribution in [3.05, 3.63) is 88.2 Å². The summed E-state index contributed by atoms with van der Waals surface area (Å²) in [5.74, 6) is 2.36. The molecule has 0 amide bonds. The summed E-state index contributed by atoms with van der Waals surface area (Å²) >= 11 is 4.10. The number of ketones is 3. The number of pyridine rings is 3. The van der Waals surface area contributed by atoms with Gasteiger partial charge >= 0.3 is 0 Å². The molecule has 27 nitrogen and oxygen atoms in total. The number of sulfone groups is 3. The first-order chi connectivity index (χ1) is 47.8. The fourth-order valence-corrected chi connectivity index (χ4v) is 20.0. The van der Waals surface area contributed by atoms with E-state index >= 15 is 0 Å². The Hall–Kier alpha value is -7.11. The Bertz CT molecular complexity index is 4240. The molecule has 1 unspecified atom stereocenters. The number of nitrogens with zero attached hydrogens (tertiary/aromatic N) is 12. The largest absolute Gasteiger partial charge is 0.481 e. The SMILES string of the molecule is COc1ccc2nc(CC(=O)C(CC3CCOCC3)n3ccc(S(=O)(=O)C4CC4)n3)sc2n1.COc1ccc2nc(CC(=O)[C@@H](CC3CCOCC3)n3ccc(S(=O)(=O)C4CC4)n3)sc2n1.COc1ccc2nc(CC(=O)[C@H](CC3CCOCC3)n3ccc(S(=O)(=O)C4CC4)n3)sc2n1. The molecule has 528 valence electrons. The number of fused-ring (bicyclic) bond motifs is 3. The number of thiazole rings is 3. The average molecular weight is 1470 g/mol. The van der Waals surface area contributed by atoms with E-state index < -0.39 is 47.6 Å². The van der Waals surface area contributed by atoms with Crippen molar-refractivity contribution in [2.45, 2.75) is 165 Å². The highest BCUT2D eigenvalue weighted by Crippen LogP contribution is 2.39. The van der Waals surface area contributed by atoms with Crippen molar-refractivity contribution in [3.8, 4) is 17.6 Å². The van der Waals surface area contributed by atoms with Gasteiger partial charge in [-0.2, -0.15) is 15.3 Å². The van der Waals surface area contributed by atoms with Crippen molar-refractivity contribution < 1.29 is 68.1 Å². The van der Waals surface area contributed by atoms with E-state index in [9.17, 15) is 39.6 Å². The second kappa shape index (κ2) is 30.6. The highest BCUT2D eigenvalue weighted by Gasteiger charge is 2.42. The molecule has 15 rings (SSSR count). The van der Waals surface area contributed by atoms with Gasteiger partial charge in [-0.15, -0.1) is 0 Å². The maximum atomic E-state index is 13.5. The normalized spacial score (nSPS) is 18.5. The Labute approximate surface area is 584 Å². The number of carbonyl (C=O) groups is 3. The van der Waals surface area contributed by atoms with Crippen LogP contribution in [0.15, 0.2) is 88.3 Å². The molecule has 12 heterocycles. The van der Waals surface area contributed by atoms with Crippen LogP contribution in [0.5, 0.6) is 17.6 Å². The minimum absolute atomic E-state index is 0.0361. The van der Waals surface area contributed by atoms with Crippen molar-refractivity contribution in [2.24, 2.45) is 17.8 Å². The monoisotopic (exact) mass is 1470 g/mol. The Morgan fingerprint density at radius 3 is 0.909 bits per heavy atom. The minimum atomic E-state index is -3.41. The third kappa shape index (κ3) is 16.9. The number of hydrogen-bond acceptors (Lipinski definition) is 27. The number of aromatic nitrogens is 12. The van der Waals surface area contributed by atoms with Crippen LogP contribution in [0.25, 0.3) is 31.0 Å². The van der Waals surface area contributed by atoms with Gasteiger partial charge in [-0.1, -0.05) is 34.0 Å². The van der Waals surface area contributed by atoms with Crippen LogP contribution in [0.3, 0.4) is 0 Å². The van der Waals surface area contributed by atoms with Crippen molar-refractivity contribution in [1.29, 1.82) is 0 Å². The van der Waals surface area contributed by atoms with Crippen LogP contribution in [0.2, 0.25) is 0 Å². The Balaban J connectivity index is 0.000000133. The number of Topliss-reactive ketones (excluding diaryl/α,β-unsaturated/α-hetero) is 3. The minimum Gasteiger partial charge on any atom is -0.481 e. The molecule has 0 bridgehead atoms. The van der Waals surface area contributed by atoms with Gasteiger partial charge in [-0.3, -0.25) is 28.4 Å². The van der Waals surface area contributed by atoms with Crippen LogP contribution in [0.1, 0.15) is 129 Å². The first-order valence-corrected chi connectivity index (χ1v) is 40.5. The molecule has 3 aliphatic heterocycles. The molecule has 3 atom stereocenters. The Kier molecular flexibility index (Phi) is 21.7. The van der Waals surface area contributed by atoms with Crippen molar-refractivity contribution in [2.75, 3.05) is 61.0 Å². The summed E-state index contributed by atoms with van der Waals surface area (Å²) in [6, 6.07) is 13.6. The molecule has 6 fully saturated rings. The molecule has 9 aromatic rings. The zero-order valence-corrected chi connectivity index (χ0v) is 59.9. The van der Waals surface area contributed by atoms with Crippen LogP contribution in [0, 0.1) is 17.8 Å². The van der Waals surface area contributed by atoms with Crippen molar-refractivity contribution in [1.82, 2.24) is 59.2 Å². The van der Waals surface area contributed by atoms with Crippen LogP contribution < -0.4 is 14.2 Å². The van der Waals surface area contributed by atoms with Gasteiger partial charge in [0.05, 0.1) is 56.3 Å². The van der Waals surface area contributed by atoms with Gasteiger partial charge in [0, 0.05) is 76.4 Å². The first kappa shape index (κ1) is 70.3. The zero-order chi connectivity index (χ0) is 69.0. The third-order valence-corrected chi connectivity index (χ3v) is 28.1. The number of hydrogen-bond donors (Lipinski definition) is 0. The van der Waals surface area contributed by atoms with E-state index in [4.69, 9.17) is 28.4 Å². The summed E-state index contributed by atoms with van der Waals surface area (Å²) in [5, 5.41) is 14.3. The van der Waals surface area contributed by atoms with E-state index in [0.29, 0.717) is 148 Å². The summed E-state index contributed by atoms with van der Waals surface area (Å²) in [7, 11) is -5.57. The molecule has 0 radical (unpaired) electrons. The first-order valence-electron chi connectivity index (χ1n) is 33.4. The van der Waals surface area contributed by atoms with Crippen LogP contribution in [-0.2, 0) is 77.4 Å². The predicted molar refractivity (Wildman–Crippen MR) is 367 cm³/mol. The summed E-state index contributed by atoms with van der Waals surface area (Å²) < 4.78 is 112. The van der Waals surface area contributed by atoms with Gasteiger partial charge in [0.25, 0.3) is 0 Å². The molecular weight excluding hydrogens is 1390 g/mol. The lowest BCUT2D eigenvalue weighted by molar-refractivity contribution is -0.123. The van der Waals surface area contributed by atoms with Gasteiger partial charge in [-0.25, -0.2) is 55.2 Å². The molecular formula is C66H78N12O15S6. The van der Waals surface area contributed by atoms with Gasteiger partial charge in [0.2, 0.25) is 17.6 Å². The van der Waals surface area contributed by atoms with Crippen LogP contribution >= 0.6 is 34.0 Å². The second-order valence-electron chi connectivity index (χ2n) is 25.8. The summed E-state index contributed by atoms with van der Waals surface area (Å²) in [6.45, 7) is 4.07. The second-order valence-corrected chi connectivity index (χ2v) is 35.6. The lowest BCUT2D eigenvalue weighted by atomic mass is 9.90. The zero-order valence-electron chi connectivity index (χ0n) is 55.0. The van der Waals surface area contributed by atoms with Crippen LogP contribution in [0.4, 0.5) is 0 Å². The van der Waals surface area contributed by atoms with E-state index in [-0.39, 0.29) is 67.4 Å². The highest BCUT2D eigenvalue weighted by atomic mass is 32.2. The molecule has 0 N–H and O–H groups in total. The van der Waals surface area contributed by atoms with Crippen LogP contribution in [-0.4, -0.2) is 179 Å². The molecule has 0 aromatic carbocycles. The van der Waals surface area contributed by atoms with E-state index in [0.717, 1.165) is 69.6 Å². The lowest BCUT2D eigenvalue weighted by Crippen LogP contribution is -2.27. The molecule has 99 heavy (non-hydrogen) atoms. The smallest absolute Gasteiger partial charge is 0.214 e. The van der Waals surface area contributed by atoms with E-state index in [1.165, 1.54) is 52.2 Å².